The van der Waals surface area contributed by atoms with Crippen molar-refractivity contribution in [2.45, 2.75) is 82.3 Å². The van der Waals surface area contributed by atoms with Crippen LogP contribution in [-0.4, -0.2) is 64.9 Å². The molecule has 1 aromatic carbocycles. The molecule has 4 atom stereocenters. The van der Waals surface area contributed by atoms with Crippen LogP contribution in [0, 0.1) is 0 Å². The summed E-state index contributed by atoms with van der Waals surface area (Å²) in [6, 6.07) is 6.06. The van der Waals surface area contributed by atoms with Crippen molar-refractivity contribution in [1.29, 1.82) is 0 Å². The van der Waals surface area contributed by atoms with E-state index in [1.54, 1.807) is 4.90 Å². The smallest absolute Gasteiger partial charge is 0.255 e. The summed E-state index contributed by atoms with van der Waals surface area (Å²) in [6.07, 6.45) is 6.23. The average Bonchev–Trinajstić information content (AvgIpc) is 3.10. The van der Waals surface area contributed by atoms with Crippen molar-refractivity contribution >= 4 is 17.7 Å². The summed E-state index contributed by atoms with van der Waals surface area (Å²) >= 11 is 0. The predicted octanol–water partition coefficient (Wildman–Crippen LogP) is 1.31. The largest absolute Gasteiger partial charge is 0.376 e. The standard InChI is InChI=1S/C24H32N4O4/c25-17-8-10-32-21(12-17)19-3-1-2-9-27(19)13-15-4-5-18-16(11-15)14-28(24(18)31)20-6-7-22(29)26-23(20)30/h4-5,11,17,19-21H,1-3,6-10,12-14,25H2,(H,26,29,30). The summed E-state index contributed by atoms with van der Waals surface area (Å²) < 4.78 is 6.11. The molecule has 0 aromatic heterocycles. The minimum Gasteiger partial charge on any atom is -0.376 e. The molecular formula is C24H32N4O4. The Balaban J connectivity index is 1.29. The summed E-state index contributed by atoms with van der Waals surface area (Å²) in [5.74, 6) is -0.761. The number of nitrogens with one attached hydrogen (secondary N) is 1. The number of fused-ring (bicyclic) bond motifs is 1. The second-order valence-electron chi connectivity index (χ2n) is 9.62. The second kappa shape index (κ2) is 8.92. The lowest BCUT2D eigenvalue weighted by Gasteiger charge is -2.42. The first kappa shape index (κ1) is 21.6. The summed E-state index contributed by atoms with van der Waals surface area (Å²) in [4.78, 5) is 40.8. The SMILES string of the molecule is NC1CCOC(C2CCCCN2Cc2ccc3c(c2)CN(C2CCC(=O)NC2=O)C3=O)C1. The summed E-state index contributed by atoms with van der Waals surface area (Å²) in [5, 5.41) is 2.36. The molecule has 0 aliphatic carbocycles. The van der Waals surface area contributed by atoms with Gasteiger partial charge in [-0.25, -0.2) is 0 Å². The van der Waals surface area contributed by atoms with E-state index in [-0.39, 0.29) is 36.3 Å². The maximum Gasteiger partial charge on any atom is 0.255 e. The normalized spacial score (nSPS) is 31.5. The number of carbonyl (C=O) groups is 3. The average molecular weight is 441 g/mol. The van der Waals surface area contributed by atoms with Crippen LogP contribution in [0.1, 0.15) is 66.4 Å². The van der Waals surface area contributed by atoms with Gasteiger partial charge >= 0.3 is 0 Å². The molecule has 5 rings (SSSR count). The van der Waals surface area contributed by atoms with Crippen molar-refractivity contribution < 1.29 is 19.1 Å². The molecule has 0 saturated carbocycles. The van der Waals surface area contributed by atoms with E-state index in [0.29, 0.717) is 24.6 Å². The Hall–Kier alpha value is -2.29. The number of benzene rings is 1. The van der Waals surface area contributed by atoms with Crippen molar-refractivity contribution in [3.05, 3.63) is 34.9 Å². The van der Waals surface area contributed by atoms with Gasteiger partial charge in [0.25, 0.3) is 5.91 Å². The first-order valence-electron chi connectivity index (χ1n) is 11.9. The number of piperidine rings is 2. The number of hydrogen-bond donors (Lipinski definition) is 2. The Bertz CT molecular complexity index is 919. The molecule has 8 nitrogen and oxygen atoms in total. The molecule has 0 radical (unpaired) electrons. The summed E-state index contributed by atoms with van der Waals surface area (Å²) in [6.45, 7) is 3.02. The molecule has 32 heavy (non-hydrogen) atoms. The van der Waals surface area contributed by atoms with Crippen LogP contribution in [0.3, 0.4) is 0 Å². The van der Waals surface area contributed by atoms with Gasteiger partial charge in [-0.3, -0.25) is 24.6 Å². The minimum atomic E-state index is -0.574. The Labute approximate surface area is 188 Å². The predicted molar refractivity (Wildman–Crippen MR) is 117 cm³/mol. The number of carbonyl (C=O) groups excluding carboxylic acids is 3. The van der Waals surface area contributed by atoms with Crippen LogP contribution in [0.25, 0.3) is 0 Å². The molecule has 0 spiro atoms. The molecule has 1 aromatic rings. The number of nitrogens with zero attached hydrogens (tertiary/aromatic N) is 2. The van der Waals surface area contributed by atoms with Gasteiger partial charge in [-0.1, -0.05) is 18.6 Å². The number of amides is 3. The van der Waals surface area contributed by atoms with Gasteiger partial charge in [0.05, 0.1) is 6.10 Å². The Kier molecular flexibility index (Phi) is 6.01. The molecule has 3 saturated heterocycles. The molecule has 3 N–H and O–H groups in total. The van der Waals surface area contributed by atoms with Crippen LogP contribution in [0.5, 0.6) is 0 Å². The zero-order valence-electron chi connectivity index (χ0n) is 18.4. The van der Waals surface area contributed by atoms with Crippen LogP contribution >= 0.6 is 0 Å². The zero-order chi connectivity index (χ0) is 22.2. The van der Waals surface area contributed by atoms with E-state index < -0.39 is 6.04 Å². The van der Waals surface area contributed by atoms with Crippen molar-refractivity contribution in [2.24, 2.45) is 5.73 Å². The zero-order valence-corrected chi connectivity index (χ0v) is 18.4. The topological polar surface area (TPSA) is 105 Å². The van der Waals surface area contributed by atoms with Gasteiger partial charge in [0.2, 0.25) is 11.8 Å². The molecule has 4 aliphatic rings. The van der Waals surface area contributed by atoms with E-state index in [4.69, 9.17) is 10.5 Å². The monoisotopic (exact) mass is 440 g/mol. The lowest BCUT2D eigenvalue weighted by molar-refractivity contribution is -0.136. The van der Waals surface area contributed by atoms with E-state index in [0.717, 1.165) is 44.5 Å². The molecule has 4 unspecified atom stereocenters. The van der Waals surface area contributed by atoms with Crippen LogP contribution in [0.15, 0.2) is 18.2 Å². The Morgan fingerprint density at radius 2 is 2.00 bits per heavy atom. The fraction of sp³-hybridized carbons (Fsp3) is 0.625. The van der Waals surface area contributed by atoms with Crippen LogP contribution in [0.2, 0.25) is 0 Å². The molecule has 3 fully saturated rings. The maximum atomic E-state index is 12.9. The number of likely N-dealkylation sites (tertiary alicyclic amines) is 1. The highest BCUT2D eigenvalue weighted by atomic mass is 16.5. The van der Waals surface area contributed by atoms with E-state index in [9.17, 15) is 14.4 Å². The van der Waals surface area contributed by atoms with Crippen molar-refractivity contribution in [3.8, 4) is 0 Å². The van der Waals surface area contributed by atoms with Gasteiger partial charge in [0, 0.05) is 43.8 Å². The number of ether oxygens (including phenoxy) is 1. The van der Waals surface area contributed by atoms with Crippen LogP contribution in [-0.2, 0) is 27.4 Å². The third kappa shape index (κ3) is 4.19. The van der Waals surface area contributed by atoms with Gasteiger partial charge in [0.1, 0.15) is 6.04 Å². The highest BCUT2D eigenvalue weighted by Crippen LogP contribution is 2.31. The Morgan fingerprint density at radius 1 is 1.12 bits per heavy atom. The molecule has 4 heterocycles. The summed E-state index contributed by atoms with van der Waals surface area (Å²) in [5.41, 5.74) is 9.01. The number of rotatable bonds is 4. The van der Waals surface area contributed by atoms with Gasteiger partial charge in [0.15, 0.2) is 0 Å². The fourth-order valence-corrected chi connectivity index (χ4v) is 5.72. The quantitative estimate of drug-likeness (QED) is 0.684. The minimum absolute atomic E-state index is 0.124. The second-order valence-corrected chi connectivity index (χ2v) is 9.62. The van der Waals surface area contributed by atoms with Gasteiger partial charge < -0.3 is 15.4 Å². The van der Waals surface area contributed by atoms with Crippen LogP contribution in [0.4, 0.5) is 0 Å². The Morgan fingerprint density at radius 3 is 2.81 bits per heavy atom. The van der Waals surface area contributed by atoms with Gasteiger partial charge in [-0.15, -0.1) is 0 Å². The van der Waals surface area contributed by atoms with Crippen molar-refractivity contribution in [1.82, 2.24) is 15.1 Å². The lowest BCUT2D eigenvalue weighted by Crippen LogP contribution is -2.52. The fourth-order valence-electron chi connectivity index (χ4n) is 5.72. The van der Waals surface area contributed by atoms with Crippen molar-refractivity contribution in [3.63, 3.8) is 0 Å². The third-order valence-corrected chi connectivity index (χ3v) is 7.42. The molecule has 3 amide bonds. The molecule has 172 valence electrons. The highest BCUT2D eigenvalue weighted by molar-refractivity contribution is 6.05. The van der Waals surface area contributed by atoms with Crippen molar-refractivity contribution in [2.75, 3.05) is 13.2 Å². The first-order valence-corrected chi connectivity index (χ1v) is 11.9. The van der Waals surface area contributed by atoms with Gasteiger partial charge in [-0.2, -0.15) is 0 Å². The molecule has 0 bridgehead atoms. The maximum absolute atomic E-state index is 12.9. The molecule has 4 aliphatic heterocycles. The number of imide groups is 1. The molecular weight excluding hydrogens is 408 g/mol. The van der Waals surface area contributed by atoms with E-state index in [1.807, 2.05) is 12.1 Å². The highest BCUT2D eigenvalue weighted by Gasteiger charge is 2.39. The van der Waals surface area contributed by atoms with E-state index in [2.05, 4.69) is 16.3 Å². The summed E-state index contributed by atoms with van der Waals surface area (Å²) in [7, 11) is 0. The third-order valence-electron chi connectivity index (χ3n) is 7.42. The van der Waals surface area contributed by atoms with E-state index >= 15 is 0 Å². The first-order chi connectivity index (χ1) is 15.5. The van der Waals surface area contributed by atoms with E-state index in [1.165, 1.54) is 18.4 Å². The lowest BCUT2D eigenvalue weighted by atomic mass is 9.90. The van der Waals surface area contributed by atoms with Crippen LogP contribution < -0.4 is 11.1 Å². The van der Waals surface area contributed by atoms with Gasteiger partial charge in [-0.05, 0) is 55.8 Å². The molecule has 8 heteroatoms. The number of nitrogens with two attached hydrogens (primary N) is 1. The number of hydrogen-bond acceptors (Lipinski definition) is 6.